The molecule has 0 N–H and O–H groups in total. The van der Waals surface area contributed by atoms with Crippen LogP contribution >= 0.6 is 15.9 Å². The Bertz CT molecular complexity index is 621. The number of nitro groups is 1. The molecule has 0 radical (unpaired) electrons. The van der Waals surface area contributed by atoms with Gasteiger partial charge in [0.15, 0.2) is 0 Å². The van der Waals surface area contributed by atoms with E-state index in [0.717, 1.165) is 11.1 Å². The van der Waals surface area contributed by atoms with Crippen LogP contribution < -0.4 is 5.01 Å². The van der Waals surface area contributed by atoms with Crippen molar-refractivity contribution < 1.29 is 24.0 Å². The summed E-state index contributed by atoms with van der Waals surface area (Å²) in [5.74, 6) is -0.717. The normalized spacial score (nSPS) is 9.86. The summed E-state index contributed by atoms with van der Waals surface area (Å²) in [6.45, 7) is 0. The zero-order valence-electron chi connectivity index (χ0n) is 12.3. The number of amides is 1. The standard InChI is InChI=1S/C12H14BrN3O6/c1-14(15(2)12(18)22-4)9-6-8(13)7(11(17)21-3)5-10(9)16(19)20/h5-6H,1-4H3. The predicted molar refractivity (Wildman–Crippen MR) is 80.7 cm³/mol. The predicted octanol–water partition coefficient (Wildman–Crippen LogP) is 2.19. The number of ether oxygens (including phenoxy) is 2. The number of anilines is 1. The van der Waals surface area contributed by atoms with E-state index in [1.54, 1.807) is 0 Å². The van der Waals surface area contributed by atoms with Gasteiger partial charge in [-0.2, -0.15) is 0 Å². The molecule has 0 aromatic heterocycles. The number of halogens is 1. The maximum atomic E-state index is 11.6. The number of carbonyl (C=O) groups excluding carboxylic acids is 2. The zero-order valence-corrected chi connectivity index (χ0v) is 13.9. The monoisotopic (exact) mass is 375 g/mol. The van der Waals surface area contributed by atoms with Crippen LogP contribution in [-0.4, -0.2) is 50.3 Å². The quantitative estimate of drug-likeness (QED) is 0.451. The number of esters is 1. The Labute approximate surface area is 134 Å². The summed E-state index contributed by atoms with van der Waals surface area (Å²) in [6, 6.07) is 2.43. The Morgan fingerprint density at radius 1 is 1.23 bits per heavy atom. The first kappa shape index (κ1) is 17.7. The molecule has 22 heavy (non-hydrogen) atoms. The van der Waals surface area contributed by atoms with Crippen LogP contribution in [0.3, 0.4) is 0 Å². The second-order valence-electron chi connectivity index (χ2n) is 4.09. The average Bonchev–Trinajstić information content (AvgIpc) is 2.51. The molecule has 0 aliphatic carbocycles. The van der Waals surface area contributed by atoms with E-state index in [1.165, 1.54) is 39.4 Å². The molecule has 0 aliphatic rings. The number of hydrazine groups is 1. The molecule has 0 saturated heterocycles. The molecule has 0 bridgehead atoms. The summed E-state index contributed by atoms with van der Waals surface area (Å²) in [4.78, 5) is 33.7. The van der Waals surface area contributed by atoms with Crippen molar-refractivity contribution in [2.24, 2.45) is 0 Å². The van der Waals surface area contributed by atoms with Gasteiger partial charge in [0.1, 0.15) is 5.69 Å². The van der Waals surface area contributed by atoms with Crippen LogP contribution in [-0.2, 0) is 9.47 Å². The van der Waals surface area contributed by atoms with Gasteiger partial charge in [0.2, 0.25) is 0 Å². The molecule has 0 spiro atoms. The molecular weight excluding hydrogens is 362 g/mol. The lowest BCUT2D eigenvalue weighted by Gasteiger charge is -2.28. The van der Waals surface area contributed by atoms with Gasteiger partial charge in [-0.25, -0.2) is 14.6 Å². The SMILES string of the molecule is COC(=O)c1cc([N+](=O)[O-])c(N(C)N(C)C(=O)OC)cc1Br. The van der Waals surface area contributed by atoms with Gasteiger partial charge in [-0.05, 0) is 22.0 Å². The van der Waals surface area contributed by atoms with Crippen LogP contribution in [0.15, 0.2) is 16.6 Å². The van der Waals surface area contributed by atoms with Crippen molar-refractivity contribution in [1.29, 1.82) is 0 Å². The van der Waals surface area contributed by atoms with Gasteiger partial charge in [-0.15, -0.1) is 0 Å². The number of benzene rings is 1. The smallest absolute Gasteiger partial charge is 0.428 e. The van der Waals surface area contributed by atoms with Crippen molar-refractivity contribution in [3.05, 3.63) is 32.3 Å². The van der Waals surface area contributed by atoms with Crippen molar-refractivity contribution in [3.8, 4) is 0 Å². The van der Waals surface area contributed by atoms with Crippen molar-refractivity contribution in [2.45, 2.75) is 0 Å². The highest BCUT2D eigenvalue weighted by Gasteiger charge is 2.26. The van der Waals surface area contributed by atoms with E-state index in [0.29, 0.717) is 4.47 Å². The van der Waals surface area contributed by atoms with Crippen molar-refractivity contribution in [3.63, 3.8) is 0 Å². The van der Waals surface area contributed by atoms with Crippen LogP contribution in [0.25, 0.3) is 0 Å². The van der Waals surface area contributed by atoms with Crippen LogP contribution in [0.2, 0.25) is 0 Å². The first-order valence-electron chi connectivity index (χ1n) is 5.86. The summed E-state index contributed by atoms with van der Waals surface area (Å²) in [7, 11) is 5.20. The number of carbonyl (C=O) groups is 2. The molecule has 0 atom stereocenters. The molecule has 1 aromatic carbocycles. The number of hydrogen-bond acceptors (Lipinski definition) is 7. The van der Waals surface area contributed by atoms with Gasteiger partial charge >= 0.3 is 12.1 Å². The fraction of sp³-hybridized carbons (Fsp3) is 0.333. The highest BCUT2D eigenvalue weighted by molar-refractivity contribution is 9.10. The zero-order chi connectivity index (χ0) is 17.0. The Hall–Kier alpha value is -2.36. The minimum atomic E-state index is -0.717. The van der Waals surface area contributed by atoms with Gasteiger partial charge in [0.05, 0.1) is 24.7 Å². The van der Waals surface area contributed by atoms with Gasteiger partial charge in [-0.1, -0.05) is 0 Å². The molecular formula is C12H14BrN3O6. The summed E-state index contributed by atoms with van der Waals surface area (Å²) in [6.07, 6.45) is -0.704. The van der Waals surface area contributed by atoms with E-state index in [4.69, 9.17) is 0 Å². The molecule has 120 valence electrons. The fourth-order valence-corrected chi connectivity index (χ4v) is 2.13. The van der Waals surface area contributed by atoms with E-state index in [9.17, 15) is 19.7 Å². The maximum absolute atomic E-state index is 11.6. The first-order valence-corrected chi connectivity index (χ1v) is 6.65. The number of nitro benzene ring substituents is 1. The van der Waals surface area contributed by atoms with Crippen LogP contribution in [0.5, 0.6) is 0 Å². The van der Waals surface area contributed by atoms with Crippen molar-refractivity contribution in [1.82, 2.24) is 5.01 Å². The minimum Gasteiger partial charge on any atom is -0.465 e. The average molecular weight is 376 g/mol. The first-order chi connectivity index (χ1) is 10.2. The largest absolute Gasteiger partial charge is 0.465 e. The van der Waals surface area contributed by atoms with E-state index in [-0.39, 0.29) is 16.9 Å². The number of methoxy groups -OCH3 is 2. The van der Waals surface area contributed by atoms with E-state index >= 15 is 0 Å². The topological polar surface area (TPSA) is 102 Å². The Kier molecular flexibility index (Phi) is 5.69. The third-order valence-electron chi connectivity index (χ3n) is 2.90. The number of nitrogens with zero attached hydrogens (tertiary/aromatic N) is 3. The molecule has 1 amide bonds. The van der Waals surface area contributed by atoms with Crippen LogP contribution in [0.1, 0.15) is 10.4 Å². The third kappa shape index (κ3) is 3.45. The number of hydrogen-bond donors (Lipinski definition) is 0. The summed E-state index contributed by atoms with van der Waals surface area (Å²) in [5, 5.41) is 13.5. The highest BCUT2D eigenvalue weighted by Crippen LogP contribution is 2.34. The summed E-state index contributed by atoms with van der Waals surface area (Å²) >= 11 is 3.16. The fourth-order valence-electron chi connectivity index (χ4n) is 1.64. The van der Waals surface area contributed by atoms with Crippen molar-refractivity contribution >= 4 is 39.4 Å². The van der Waals surface area contributed by atoms with E-state index in [1.807, 2.05) is 0 Å². The second-order valence-corrected chi connectivity index (χ2v) is 4.94. The van der Waals surface area contributed by atoms with Gasteiger partial charge in [-0.3, -0.25) is 15.1 Å². The summed E-state index contributed by atoms with van der Waals surface area (Å²) in [5.41, 5.74) is -0.258. The van der Waals surface area contributed by atoms with Crippen molar-refractivity contribution in [2.75, 3.05) is 33.3 Å². The Morgan fingerprint density at radius 2 is 1.82 bits per heavy atom. The van der Waals surface area contributed by atoms with E-state index in [2.05, 4.69) is 25.4 Å². The van der Waals surface area contributed by atoms with Crippen LogP contribution in [0.4, 0.5) is 16.2 Å². The molecule has 1 aromatic rings. The molecule has 1 rings (SSSR count). The molecule has 0 aliphatic heterocycles. The van der Waals surface area contributed by atoms with Gasteiger partial charge in [0.25, 0.3) is 5.69 Å². The lowest BCUT2D eigenvalue weighted by Crippen LogP contribution is -2.41. The maximum Gasteiger partial charge on any atom is 0.428 e. The molecule has 0 fully saturated rings. The molecule has 9 nitrogen and oxygen atoms in total. The molecule has 10 heteroatoms. The summed E-state index contributed by atoms with van der Waals surface area (Å²) < 4.78 is 9.42. The Morgan fingerprint density at radius 3 is 2.27 bits per heavy atom. The second kappa shape index (κ2) is 7.07. The molecule has 0 saturated carbocycles. The van der Waals surface area contributed by atoms with Gasteiger partial charge in [0, 0.05) is 24.6 Å². The minimum absolute atomic E-state index is 0.00655. The van der Waals surface area contributed by atoms with Gasteiger partial charge < -0.3 is 9.47 Å². The molecule has 0 unspecified atom stereocenters. The Balaban J connectivity index is 3.42. The van der Waals surface area contributed by atoms with E-state index < -0.39 is 17.0 Å². The lowest BCUT2D eigenvalue weighted by molar-refractivity contribution is -0.384. The lowest BCUT2D eigenvalue weighted by atomic mass is 10.1. The van der Waals surface area contributed by atoms with Crippen LogP contribution in [0, 0.1) is 10.1 Å². The molecule has 0 heterocycles. The number of rotatable bonds is 4. The third-order valence-corrected chi connectivity index (χ3v) is 3.56. The highest BCUT2D eigenvalue weighted by atomic mass is 79.9.